The Morgan fingerprint density at radius 1 is 1.19 bits per heavy atom. The molecule has 1 unspecified atom stereocenters. The smallest absolute Gasteiger partial charge is 0.244 e. The maximum Gasteiger partial charge on any atom is 0.244 e. The highest BCUT2D eigenvalue weighted by Gasteiger charge is 2.22. The molecule has 1 aromatic carbocycles. The Labute approximate surface area is 125 Å². The Bertz CT molecular complexity index is 629. The summed E-state index contributed by atoms with van der Waals surface area (Å²) in [6, 6.07) is 9.70. The van der Waals surface area contributed by atoms with E-state index in [4.69, 9.17) is 0 Å². The van der Waals surface area contributed by atoms with Crippen LogP contribution in [0, 0.1) is 0 Å². The second kappa shape index (κ2) is 6.12. The number of hydrogen-bond donors (Lipinski definition) is 1. The zero-order chi connectivity index (χ0) is 14.7. The number of piperidine rings is 1. The zero-order valence-electron chi connectivity index (χ0n) is 12.4. The van der Waals surface area contributed by atoms with Gasteiger partial charge >= 0.3 is 0 Å². The fourth-order valence-electron chi connectivity index (χ4n) is 2.90. The van der Waals surface area contributed by atoms with Crippen molar-refractivity contribution in [2.45, 2.75) is 32.2 Å². The number of fused-ring (bicyclic) bond motifs is 1. The molecule has 1 saturated heterocycles. The number of para-hydroxylation sites is 1. The molecule has 4 heteroatoms. The number of benzene rings is 1. The molecule has 3 rings (SSSR count). The van der Waals surface area contributed by atoms with Crippen molar-refractivity contribution >= 4 is 22.5 Å². The third-order valence-electron chi connectivity index (χ3n) is 4.06. The highest BCUT2D eigenvalue weighted by Crippen LogP contribution is 2.22. The maximum absolute atomic E-state index is 12.5. The lowest BCUT2D eigenvalue weighted by Crippen LogP contribution is -2.43. The van der Waals surface area contributed by atoms with Gasteiger partial charge in [-0.15, -0.1) is 0 Å². The molecular weight excluding hydrogens is 262 g/mol. The van der Waals surface area contributed by atoms with E-state index in [1.165, 1.54) is 6.42 Å². The fourth-order valence-corrected chi connectivity index (χ4v) is 2.90. The predicted octanol–water partition coefficient (Wildman–Crippen LogP) is 3.05. The van der Waals surface area contributed by atoms with Crippen LogP contribution in [0.1, 0.15) is 26.2 Å². The Morgan fingerprint density at radius 2 is 1.95 bits per heavy atom. The number of nitrogens with zero attached hydrogens (tertiary/aromatic N) is 2. The molecule has 1 N–H and O–H groups in total. The lowest BCUT2D eigenvalue weighted by atomic mass is 10.1. The van der Waals surface area contributed by atoms with Crippen LogP contribution in [-0.4, -0.2) is 34.9 Å². The van der Waals surface area contributed by atoms with Gasteiger partial charge in [-0.05, 0) is 38.3 Å². The van der Waals surface area contributed by atoms with Crippen molar-refractivity contribution in [2.75, 3.05) is 18.4 Å². The summed E-state index contributed by atoms with van der Waals surface area (Å²) >= 11 is 0. The van der Waals surface area contributed by atoms with Crippen LogP contribution >= 0.6 is 0 Å². The zero-order valence-corrected chi connectivity index (χ0v) is 12.4. The first-order valence-electron chi connectivity index (χ1n) is 7.65. The van der Waals surface area contributed by atoms with E-state index in [9.17, 15) is 4.79 Å². The lowest BCUT2D eigenvalue weighted by molar-refractivity contribution is -0.132. The van der Waals surface area contributed by atoms with Crippen LogP contribution in [0.25, 0.3) is 10.9 Å². The third kappa shape index (κ3) is 2.99. The molecule has 0 saturated carbocycles. The molecule has 2 heterocycles. The summed E-state index contributed by atoms with van der Waals surface area (Å²) in [5, 5.41) is 4.40. The first-order chi connectivity index (χ1) is 10.3. The number of carbonyl (C=O) groups is 1. The van der Waals surface area contributed by atoms with E-state index in [1.807, 2.05) is 42.2 Å². The first-order valence-corrected chi connectivity index (χ1v) is 7.65. The van der Waals surface area contributed by atoms with Crippen LogP contribution in [-0.2, 0) is 4.79 Å². The van der Waals surface area contributed by atoms with Gasteiger partial charge in [-0.1, -0.05) is 18.2 Å². The van der Waals surface area contributed by atoms with Crippen molar-refractivity contribution in [3.05, 3.63) is 36.5 Å². The van der Waals surface area contributed by atoms with E-state index >= 15 is 0 Å². The molecule has 1 aromatic heterocycles. The number of carbonyl (C=O) groups excluding carboxylic acids is 1. The number of hydrogen-bond acceptors (Lipinski definition) is 3. The molecule has 0 bridgehead atoms. The van der Waals surface area contributed by atoms with Gasteiger partial charge in [0.2, 0.25) is 5.91 Å². The molecule has 4 nitrogen and oxygen atoms in total. The molecule has 1 atom stereocenters. The van der Waals surface area contributed by atoms with Crippen molar-refractivity contribution in [1.29, 1.82) is 0 Å². The Kier molecular flexibility index (Phi) is 4.04. The monoisotopic (exact) mass is 283 g/mol. The molecule has 0 aliphatic carbocycles. The van der Waals surface area contributed by atoms with E-state index in [0.717, 1.165) is 42.5 Å². The van der Waals surface area contributed by atoms with E-state index < -0.39 is 0 Å². The number of pyridine rings is 1. The summed E-state index contributed by atoms with van der Waals surface area (Å²) < 4.78 is 0. The van der Waals surface area contributed by atoms with Crippen molar-refractivity contribution in [1.82, 2.24) is 9.88 Å². The highest BCUT2D eigenvalue weighted by molar-refractivity contribution is 5.93. The highest BCUT2D eigenvalue weighted by atomic mass is 16.2. The second-order valence-corrected chi connectivity index (χ2v) is 5.63. The second-order valence-electron chi connectivity index (χ2n) is 5.63. The average molecular weight is 283 g/mol. The van der Waals surface area contributed by atoms with E-state index in [2.05, 4.69) is 10.3 Å². The summed E-state index contributed by atoms with van der Waals surface area (Å²) in [6.07, 6.45) is 5.26. The Balaban J connectivity index is 1.76. The summed E-state index contributed by atoms with van der Waals surface area (Å²) in [7, 11) is 0. The molecular formula is C17H21N3O. The minimum atomic E-state index is -0.214. The number of rotatable bonds is 3. The van der Waals surface area contributed by atoms with Gasteiger partial charge in [0, 0.05) is 30.4 Å². The van der Waals surface area contributed by atoms with E-state index in [-0.39, 0.29) is 11.9 Å². The molecule has 2 aromatic rings. The summed E-state index contributed by atoms with van der Waals surface area (Å²) in [5.41, 5.74) is 1.92. The van der Waals surface area contributed by atoms with Crippen LogP contribution in [0.4, 0.5) is 5.69 Å². The fraction of sp³-hybridized carbons (Fsp3) is 0.412. The van der Waals surface area contributed by atoms with Gasteiger partial charge in [-0.25, -0.2) is 0 Å². The van der Waals surface area contributed by atoms with Crippen LogP contribution in [0.2, 0.25) is 0 Å². The van der Waals surface area contributed by atoms with Gasteiger partial charge in [0.25, 0.3) is 0 Å². The average Bonchev–Trinajstić information content (AvgIpc) is 2.55. The predicted molar refractivity (Wildman–Crippen MR) is 85.3 cm³/mol. The molecule has 0 spiro atoms. The van der Waals surface area contributed by atoms with Crippen LogP contribution in [0.5, 0.6) is 0 Å². The summed E-state index contributed by atoms with van der Waals surface area (Å²) in [5.74, 6) is 0.190. The Morgan fingerprint density at radius 3 is 2.76 bits per heavy atom. The minimum Gasteiger partial charge on any atom is -0.373 e. The van der Waals surface area contributed by atoms with Crippen molar-refractivity contribution in [3.8, 4) is 0 Å². The number of likely N-dealkylation sites (tertiary alicyclic amines) is 1. The van der Waals surface area contributed by atoms with Gasteiger partial charge in [0.05, 0.1) is 5.52 Å². The molecule has 1 aliphatic rings. The minimum absolute atomic E-state index is 0.190. The molecule has 1 aliphatic heterocycles. The Hall–Kier alpha value is -2.10. The van der Waals surface area contributed by atoms with Crippen molar-refractivity contribution in [3.63, 3.8) is 0 Å². The van der Waals surface area contributed by atoms with Gasteiger partial charge in [-0.2, -0.15) is 0 Å². The number of anilines is 1. The summed E-state index contributed by atoms with van der Waals surface area (Å²) in [4.78, 5) is 18.8. The van der Waals surface area contributed by atoms with Crippen molar-refractivity contribution < 1.29 is 4.79 Å². The van der Waals surface area contributed by atoms with Crippen LogP contribution in [0.3, 0.4) is 0 Å². The summed E-state index contributed by atoms with van der Waals surface area (Å²) in [6.45, 7) is 3.72. The van der Waals surface area contributed by atoms with Crippen molar-refractivity contribution in [2.24, 2.45) is 0 Å². The van der Waals surface area contributed by atoms with Crippen LogP contribution in [0.15, 0.2) is 36.5 Å². The van der Waals surface area contributed by atoms with E-state index in [0.29, 0.717) is 0 Å². The maximum atomic E-state index is 12.5. The molecule has 21 heavy (non-hydrogen) atoms. The molecule has 1 fully saturated rings. The quantitative estimate of drug-likeness (QED) is 0.941. The van der Waals surface area contributed by atoms with Gasteiger partial charge in [-0.3, -0.25) is 9.78 Å². The largest absolute Gasteiger partial charge is 0.373 e. The molecule has 1 amide bonds. The van der Waals surface area contributed by atoms with Crippen LogP contribution < -0.4 is 5.32 Å². The first kappa shape index (κ1) is 13.9. The van der Waals surface area contributed by atoms with Gasteiger partial charge in [0.15, 0.2) is 0 Å². The third-order valence-corrected chi connectivity index (χ3v) is 4.06. The number of amides is 1. The van der Waals surface area contributed by atoms with Gasteiger partial charge < -0.3 is 10.2 Å². The van der Waals surface area contributed by atoms with E-state index in [1.54, 1.807) is 6.20 Å². The van der Waals surface area contributed by atoms with Gasteiger partial charge in [0.1, 0.15) is 6.04 Å². The molecule has 110 valence electrons. The normalized spacial score (nSPS) is 16.7. The number of nitrogens with one attached hydrogen (secondary N) is 1. The number of aromatic nitrogens is 1. The SMILES string of the molecule is CC(Nc1ccnc2ccccc12)C(=O)N1CCCCC1. The topological polar surface area (TPSA) is 45.2 Å². The molecule has 0 radical (unpaired) electrons. The lowest BCUT2D eigenvalue weighted by Gasteiger charge is -2.30. The standard InChI is InChI=1S/C17H21N3O/c1-13(17(21)20-11-5-2-6-12-20)19-16-9-10-18-15-8-4-3-7-14(15)16/h3-4,7-10,13H,2,5-6,11-12H2,1H3,(H,18,19).